The van der Waals surface area contributed by atoms with E-state index in [1.807, 2.05) is 0 Å². The van der Waals surface area contributed by atoms with E-state index >= 15 is 0 Å². The normalized spacial score (nSPS) is 14.5. The van der Waals surface area contributed by atoms with Crippen LogP contribution in [0.15, 0.2) is 18.2 Å². The van der Waals surface area contributed by atoms with Crippen molar-refractivity contribution in [1.29, 1.82) is 0 Å². The highest BCUT2D eigenvalue weighted by Crippen LogP contribution is 2.23. The van der Waals surface area contributed by atoms with Crippen molar-refractivity contribution in [3.63, 3.8) is 0 Å². The Balaban J connectivity index is 1.89. The molecule has 1 aliphatic rings. The lowest BCUT2D eigenvalue weighted by atomic mass is 10.2. The van der Waals surface area contributed by atoms with Crippen LogP contribution in [-0.4, -0.2) is 28.0 Å². The van der Waals surface area contributed by atoms with Crippen molar-refractivity contribution in [1.82, 2.24) is 15.0 Å². The van der Waals surface area contributed by atoms with E-state index in [1.165, 1.54) is 6.07 Å². The lowest BCUT2D eigenvalue weighted by Crippen LogP contribution is -2.22. The minimum atomic E-state index is -0.276. The van der Waals surface area contributed by atoms with E-state index in [-0.39, 0.29) is 11.8 Å². The van der Waals surface area contributed by atoms with E-state index in [2.05, 4.69) is 25.2 Å². The summed E-state index contributed by atoms with van der Waals surface area (Å²) in [6, 6.07) is 4.82. The molecule has 0 amide bonds. The number of anilines is 4. The Hall–Kier alpha value is -2.44. The number of nitrogens with two attached hydrogens (primary N) is 1. The van der Waals surface area contributed by atoms with E-state index in [0.29, 0.717) is 23.1 Å². The van der Waals surface area contributed by atoms with Crippen LogP contribution in [0.25, 0.3) is 0 Å². The highest BCUT2D eigenvalue weighted by atomic mass is 19.1. The molecule has 1 aliphatic heterocycles. The largest absolute Gasteiger partial charge is 0.368 e. The summed E-state index contributed by atoms with van der Waals surface area (Å²) in [6.07, 6.45) is 2.24. The zero-order chi connectivity index (χ0) is 14.8. The summed E-state index contributed by atoms with van der Waals surface area (Å²) in [6.45, 7) is 3.54. The van der Waals surface area contributed by atoms with Crippen LogP contribution in [0.3, 0.4) is 0 Å². The zero-order valence-electron chi connectivity index (χ0n) is 11.8. The molecular weight excluding hydrogens is 271 g/mol. The van der Waals surface area contributed by atoms with Crippen LogP contribution < -0.4 is 16.0 Å². The zero-order valence-corrected chi connectivity index (χ0v) is 11.8. The van der Waals surface area contributed by atoms with Gasteiger partial charge in [0.25, 0.3) is 0 Å². The summed E-state index contributed by atoms with van der Waals surface area (Å²) in [5, 5.41) is 3.01. The van der Waals surface area contributed by atoms with Gasteiger partial charge in [0.05, 0.1) is 0 Å². The Kier molecular flexibility index (Phi) is 3.55. The third-order valence-corrected chi connectivity index (χ3v) is 3.54. The SMILES string of the molecule is Cc1c(F)cccc1Nc1nc(N)nc(N2CCCC2)n1. The second-order valence-corrected chi connectivity index (χ2v) is 5.05. The standard InChI is InChI=1S/C14H17FN6/c1-9-10(15)5-4-6-11(9)17-13-18-12(16)19-14(20-13)21-7-2-3-8-21/h4-6H,2-3,7-8H2,1H3,(H3,16,17,18,19,20). The van der Waals surface area contributed by atoms with Crippen molar-refractivity contribution in [2.24, 2.45) is 0 Å². The molecule has 0 unspecified atom stereocenters. The highest BCUT2D eigenvalue weighted by molar-refractivity contribution is 5.59. The maximum atomic E-state index is 13.6. The molecule has 0 aliphatic carbocycles. The highest BCUT2D eigenvalue weighted by Gasteiger charge is 2.17. The Morgan fingerprint density at radius 2 is 1.95 bits per heavy atom. The summed E-state index contributed by atoms with van der Waals surface area (Å²) < 4.78 is 13.6. The van der Waals surface area contributed by atoms with Gasteiger partial charge in [-0.2, -0.15) is 15.0 Å². The predicted molar refractivity (Wildman–Crippen MR) is 80.1 cm³/mol. The van der Waals surface area contributed by atoms with Crippen molar-refractivity contribution in [3.05, 3.63) is 29.6 Å². The van der Waals surface area contributed by atoms with Gasteiger partial charge in [0.2, 0.25) is 17.8 Å². The average molecular weight is 288 g/mol. The molecule has 0 saturated carbocycles. The third kappa shape index (κ3) is 2.86. The van der Waals surface area contributed by atoms with E-state index in [4.69, 9.17) is 5.73 Å². The minimum Gasteiger partial charge on any atom is -0.368 e. The van der Waals surface area contributed by atoms with Gasteiger partial charge < -0.3 is 16.0 Å². The van der Waals surface area contributed by atoms with Crippen LogP contribution in [0.1, 0.15) is 18.4 Å². The molecule has 0 spiro atoms. The van der Waals surface area contributed by atoms with Crippen LogP contribution in [-0.2, 0) is 0 Å². The fourth-order valence-corrected chi connectivity index (χ4v) is 2.36. The first kappa shape index (κ1) is 13.5. The van der Waals surface area contributed by atoms with Gasteiger partial charge in [0.1, 0.15) is 5.82 Å². The summed E-state index contributed by atoms with van der Waals surface area (Å²) in [7, 11) is 0. The fraction of sp³-hybridized carbons (Fsp3) is 0.357. The van der Waals surface area contributed by atoms with Gasteiger partial charge in [-0.05, 0) is 31.9 Å². The van der Waals surface area contributed by atoms with E-state index in [1.54, 1.807) is 19.1 Å². The van der Waals surface area contributed by atoms with Gasteiger partial charge in [0.15, 0.2) is 0 Å². The molecule has 0 atom stereocenters. The lowest BCUT2D eigenvalue weighted by molar-refractivity contribution is 0.619. The number of hydrogen-bond donors (Lipinski definition) is 2. The van der Waals surface area contributed by atoms with Crippen molar-refractivity contribution in [3.8, 4) is 0 Å². The van der Waals surface area contributed by atoms with Gasteiger partial charge >= 0.3 is 0 Å². The molecule has 1 aromatic heterocycles. The number of rotatable bonds is 3. The molecular formula is C14H17FN6. The first-order valence-electron chi connectivity index (χ1n) is 6.92. The fourth-order valence-electron chi connectivity index (χ4n) is 2.36. The molecule has 1 aromatic carbocycles. The van der Waals surface area contributed by atoms with Gasteiger partial charge in [-0.25, -0.2) is 4.39 Å². The predicted octanol–water partition coefficient (Wildman–Crippen LogP) is 2.25. The molecule has 1 saturated heterocycles. The molecule has 3 N–H and O–H groups in total. The minimum absolute atomic E-state index is 0.156. The summed E-state index contributed by atoms with van der Waals surface area (Å²) in [4.78, 5) is 14.7. The van der Waals surface area contributed by atoms with Crippen LogP contribution in [0, 0.1) is 12.7 Å². The van der Waals surface area contributed by atoms with Crippen LogP contribution in [0.4, 0.5) is 27.9 Å². The smallest absolute Gasteiger partial charge is 0.233 e. The monoisotopic (exact) mass is 288 g/mol. The topological polar surface area (TPSA) is 80.0 Å². The van der Waals surface area contributed by atoms with E-state index in [9.17, 15) is 4.39 Å². The van der Waals surface area contributed by atoms with E-state index < -0.39 is 0 Å². The van der Waals surface area contributed by atoms with E-state index in [0.717, 1.165) is 25.9 Å². The number of nitrogens with zero attached hydrogens (tertiary/aromatic N) is 4. The number of nitrogens with one attached hydrogen (secondary N) is 1. The molecule has 110 valence electrons. The van der Waals surface area contributed by atoms with Crippen LogP contribution >= 0.6 is 0 Å². The van der Waals surface area contributed by atoms with Gasteiger partial charge in [-0.1, -0.05) is 6.07 Å². The van der Waals surface area contributed by atoms with Crippen molar-refractivity contribution < 1.29 is 4.39 Å². The number of nitrogen functional groups attached to an aromatic ring is 1. The molecule has 0 radical (unpaired) electrons. The number of halogens is 1. The maximum absolute atomic E-state index is 13.6. The number of aromatic nitrogens is 3. The van der Waals surface area contributed by atoms with Crippen molar-refractivity contribution in [2.75, 3.05) is 29.0 Å². The van der Waals surface area contributed by atoms with Gasteiger partial charge in [-0.3, -0.25) is 0 Å². The maximum Gasteiger partial charge on any atom is 0.233 e. The molecule has 7 heteroatoms. The quantitative estimate of drug-likeness (QED) is 0.901. The first-order valence-corrected chi connectivity index (χ1v) is 6.92. The molecule has 6 nitrogen and oxygen atoms in total. The van der Waals surface area contributed by atoms with Crippen molar-refractivity contribution in [2.45, 2.75) is 19.8 Å². The lowest BCUT2D eigenvalue weighted by Gasteiger charge is -2.16. The Bertz CT molecular complexity index is 654. The molecule has 3 rings (SSSR count). The van der Waals surface area contributed by atoms with Crippen molar-refractivity contribution >= 4 is 23.5 Å². The van der Waals surface area contributed by atoms with Crippen LogP contribution in [0.2, 0.25) is 0 Å². The first-order chi connectivity index (χ1) is 10.1. The van der Waals surface area contributed by atoms with Gasteiger partial charge in [0, 0.05) is 24.3 Å². The Morgan fingerprint density at radius 1 is 1.19 bits per heavy atom. The number of benzene rings is 1. The molecule has 21 heavy (non-hydrogen) atoms. The van der Waals surface area contributed by atoms with Crippen LogP contribution in [0.5, 0.6) is 0 Å². The summed E-state index contributed by atoms with van der Waals surface area (Å²) in [5.74, 6) is 0.778. The summed E-state index contributed by atoms with van der Waals surface area (Å²) in [5.41, 5.74) is 6.88. The Labute approximate surface area is 122 Å². The molecule has 1 fully saturated rings. The second kappa shape index (κ2) is 5.51. The number of hydrogen-bond acceptors (Lipinski definition) is 6. The third-order valence-electron chi connectivity index (χ3n) is 3.54. The Morgan fingerprint density at radius 3 is 2.71 bits per heavy atom. The molecule has 0 bridgehead atoms. The van der Waals surface area contributed by atoms with Gasteiger partial charge in [-0.15, -0.1) is 0 Å². The molecule has 2 aromatic rings. The molecule has 2 heterocycles. The average Bonchev–Trinajstić information content (AvgIpc) is 2.97. The second-order valence-electron chi connectivity index (χ2n) is 5.05. The summed E-state index contributed by atoms with van der Waals surface area (Å²) >= 11 is 0.